The van der Waals surface area contributed by atoms with Gasteiger partial charge in [0, 0.05) is 19.3 Å². The van der Waals surface area contributed by atoms with Crippen LogP contribution in [-0.2, 0) is 22.8 Å². The van der Waals surface area contributed by atoms with E-state index in [1.165, 1.54) is 0 Å². The van der Waals surface area contributed by atoms with E-state index in [-0.39, 0.29) is 18.3 Å². The second kappa shape index (κ2) is 9.12. The number of ether oxygens (including phenoxy) is 2. The molecule has 0 N–H and O–H groups in total. The fourth-order valence-corrected chi connectivity index (χ4v) is 4.57. The first kappa shape index (κ1) is 18.1. The monoisotopic (exact) mass is 306 g/mol. The Morgan fingerprint density at radius 3 is 2.15 bits per heavy atom. The molecule has 0 aromatic heterocycles. The third-order valence-corrected chi connectivity index (χ3v) is 6.41. The first-order valence-electron chi connectivity index (χ1n) is 7.79. The van der Waals surface area contributed by atoms with Gasteiger partial charge in [0.15, 0.2) is 0 Å². The second-order valence-corrected chi connectivity index (χ2v) is 7.85. The fourth-order valence-electron chi connectivity index (χ4n) is 2.18. The maximum atomic E-state index is 6.20. The van der Waals surface area contributed by atoms with Gasteiger partial charge in [-0.3, -0.25) is 0 Å². The van der Waals surface area contributed by atoms with Gasteiger partial charge >= 0.3 is 8.80 Å². The predicted octanol–water partition coefficient (Wildman–Crippen LogP) is 2.62. The summed E-state index contributed by atoms with van der Waals surface area (Å²) in [6.07, 6.45) is 1.20. The van der Waals surface area contributed by atoms with Crippen LogP contribution in [0, 0.1) is 0 Å². The average molecular weight is 306 g/mol. The van der Waals surface area contributed by atoms with Gasteiger partial charge in [-0.05, 0) is 27.2 Å². The molecule has 0 radical (unpaired) electrons. The van der Waals surface area contributed by atoms with Crippen molar-refractivity contribution in [1.29, 1.82) is 0 Å². The van der Waals surface area contributed by atoms with Gasteiger partial charge in [-0.15, -0.1) is 0 Å². The van der Waals surface area contributed by atoms with Gasteiger partial charge in [0.25, 0.3) is 0 Å². The van der Waals surface area contributed by atoms with E-state index in [1.54, 1.807) is 0 Å². The van der Waals surface area contributed by atoms with E-state index in [1.807, 2.05) is 20.8 Å². The second-order valence-electron chi connectivity index (χ2n) is 4.96. The van der Waals surface area contributed by atoms with Crippen molar-refractivity contribution in [2.45, 2.75) is 65.4 Å². The number of hydrogen-bond donors (Lipinski definition) is 0. The topological polar surface area (TPSA) is 49.5 Å². The summed E-state index contributed by atoms with van der Waals surface area (Å²) in [7, 11) is -2.56. The molecule has 1 rings (SSSR count). The Morgan fingerprint density at radius 2 is 1.75 bits per heavy atom. The SMILES string of the molecule is CCO[Si](CC)(OCC)OC(C)C(CC)OCC1CO1. The lowest BCUT2D eigenvalue weighted by Crippen LogP contribution is -2.50. The van der Waals surface area contributed by atoms with Gasteiger partial charge in [-0.25, -0.2) is 0 Å². The Balaban J connectivity index is 2.53. The normalized spacial score (nSPS) is 21.8. The van der Waals surface area contributed by atoms with Gasteiger partial charge < -0.3 is 22.8 Å². The first-order valence-corrected chi connectivity index (χ1v) is 9.72. The van der Waals surface area contributed by atoms with Crippen LogP contribution in [0.5, 0.6) is 0 Å². The Bertz CT molecular complexity index is 254. The fraction of sp³-hybridized carbons (Fsp3) is 1.00. The highest BCUT2D eigenvalue weighted by atomic mass is 28.4. The van der Waals surface area contributed by atoms with Gasteiger partial charge in [0.2, 0.25) is 0 Å². The summed E-state index contributed by atoms with van der Waals surface area (Å²) < 4.78 is 28.9. The van der Waals surface area contributed by atoms with Crippen LogP contribution in [0.4, 0.5) is 0 Å². The van der Waals surface area contributed by atoms with Crippen molar-refractivity contribution >= 4 is 8.80 Å². The number of rotatable bonds is 12. The minimum Gasteiger partial charge on any atom is -0.374 e. The highest BCUT2D eigenvalue weighted by molar-refractivity contribution is 6.60. The van der Waals surface area contributed by atoms with Crippen LogP contribution in [0.25, 0.3) is 0 Å². The summed E-state index contributed by atoms with van der Waals surface area (Å²) >= 11 is 0. The van der Waals surface area contributed by atoms with Crippen LogP contribution in [0.3, 0.4) is 0 Å². The molecule has 1 saturated heterocycles. The van der Waals surface area contributed by atoms with Crippen LogP contribution in [0.1, 0.15) is 41.0 Å². The van der Waals surface area contributed by atoms with E-state index in [4.69, 9.17) is 22.8 Å². The van der Waals surface area contributed by atoms with Gasteiger partial charge in [-0.2, -0.15) is 0 Å². The van der Waals surface area contributed by atoms with Crippen molar-refractivity contribution < 1.29 is 22.8 Å². The van der Waals surface area contributed by atoms with Gasteiger partial charge in [-0.1, -0.05) is 13.8 Å². The van der Waals surface area contributed by atoms with E-state index in [0.29, 0.717) is 19.8 Å². The molecule has 6 heteroatoms. The maximum Gasteiger partial charge on any atom is 0.500 e. The van der Waals surface area contributed by atoms with Crippen molar-refractivity contribution in [3.63, 3.8) is 0 Å². The molecule has 0 amide bonds. The quantitative estimate of drug-likeness (QED) is 0.410. The molecule has 120 valence electrons. The van der Waals surface area contributed by atoms with Crippen molar-refractivity contribution in [3.05, 3.63) is 0 Å². The van der Waals surface area contributed by atoms with E-state index in [0.717, 1.165) is 19.1 Å². The van der Waals surface area contributed by atoms with E-state index in [9.17, 15) is 0 Å². The van der Waals surface area contributed by atoms with Crippen molar-refractivity contribution in [3.8, 4) is 0 Å². The van der Waals surface area contributed by atoms with Crippen molar-refractivity contribution in [2.75, 3.05) is 26.4 Å². The number of hydrogen-bond acceptors (Lipinski definition) is 5. The zero-order chi connectivity index (χ0) is 15.0. The molecule has 0 aliphatic carbocycles. The summed E-state index contributed by atoms with van der Waals surface area (Å²) in [6.45, 7) is 12.8. The molecule has 1 aliphatic heterocycles. The molecule has 0 aromatic carbocycles. The maximum absolute atomic E-state index is 6.20. The molecular weight excluding hydrogens is 276 g/mol. The van der Waals surface area contributed by atoms with Crippen LogP contribution >= 0.6 is 0 Å². The average Bonchev–Trinajstić information content (AvgIpc) is 3.24. The zero-order valence-corrected chi connectivity index (χ0v) is 14.5. The van der Waals surface area contributed by atoms with Gasteiger partial charge in [0.05, 0.1) is 25.4 Å². The highest BCUT2D eigenvalue weighted by Gasteiger charge is 2.41. The molecule has 0 bridgehead atoms. The van der Waals surface area contributed by atoms with Crippen LogP contribution in [-0.4, -0.2) is 53.5 Å². The van der Waals surface area contributed by atoms with Crippen LogP contribution < -0.4 is 0 Å². The van der Waals surface area contributed by atoms with Crippen molar-refractivity contribution in [1.82, 2.24) is 0 Å². The Kier molecular flexibility index (Phi) is 8.24. The Hall–Kier alpha value is 0.0169. The van der Waals surface area contributed by atoms with E-state index in [2.05, 4.69) is 13.8 Å². The largest absolute Gasteiger partial charge is 0.500 e. The molecule has 1 heterocycles. The van der Waals surface area contributed by atoms with E-state index < -0.39 is 8.80 Å². The summed E-state index contributed by atoms with van der Waals surface area (Å²) in [5.41, 5.74) is 0. The summed E-state index contributed by atoms with van der Waals surface area (Å²) in [6, 6.07) is 0.779. The standard InChI is InChI=1S/C14H30O5Si/c1-6-14(16-11-13-10-15-13)12(5)19-20(9-4,17-7-2)18-8-3/h12-14H,6-11H2,1-5H3. The summed E-state index contributed by atoms with van der Waals surface area (Å²) in [5, 5.41) is 0. The highest BCUT2D eigenvalue weighted by Crippen LogP contribution is 2.22. The van der Waals surface area contributed by atoms with E-state index >= 15 is 0 Å². The Morgan fingerprint density at radius 1 is 1.15 bits per heavy atom. The predicted molar refractivity (Wildman–Crippen MR) is 79.8 cm³/mol. The third-order valence-electron chi connectivity index (χ3n) is 3.35. The number of epoxide rings is 1. The molecule has 3 atom stereocenters. The molecule has 20 heavy (non-hydrogen) atoms. The van der Waals surface area contributed by atoms with Crippen LogP contribution in [0.2, 0.25) is 6.04 Å². The van der Waals surface area contributed by atoms with Crippen LogP contribution in [0.15, 0.2) is 0 Å². The zero-order valence-electron chi connectivity index (χ0n) is 13.5. The molecule has 5 nitrogen and oxygen atoms in total. The molecule has 3 unspecified atom stereocenters. The summed E-state index contributed by atoms with van der Waals surface area (Å²) in [5.74, 6) is 0. The van der Waals surface area contributed by atoms with Crippen molar-refractivity contribution in [2.24, 2.45) is 0 Å². The minimum absolute atomic E-state index is 0.0385. The summed E-state index contributed by atoms with van der Waals surface area (Å²) in [4.78, 5) is 0. The molecule has 0 aromatic rings. The molecular formula is C14H30O5Si. The molecule has 0 saturated carbocycles. The smallest absolute Gasteiger partial charge is 0.374 e. The first-order chi connectivity index (χ1) is 9.60. The lowest BCUT2D eigenvalue weighted by atomic mass is 10.2. The lowest BCUT2D eigenvalue weighted by Gasteiger charge is -2.33. The molecule has 1 fully saturated rings. The molecule has 1 aliphatic rings. The Labute approximate surface area is 124 Å². The molecule has 0 spiro atoms. The minimum atomic E-state index is -2.56. The lowest BCUT2D eigenvalue weighted by molar-refractivity contribution is -0.0576. The third kappa shape index (κ3) is 5.79. The van der Waals surface area contributed by atoms with Gasteiger partial charge in [0.1, 0.15) is 6.10 Å².